The lowest BCUT2D eigenvalue weighted by atomic mass is 10.4. The number of amides is 2. The smallest absolute Gasteiger partial charge is 0.267 e. The first-order chi connectivity index (χ1) is 6.06. The fraction of sp³-hybridized carbons (Fsp3) is 0.375. The quantitative estimate of drug-likeness (QED) is 0.609. The number of thioether (sulfide) groups is 1. The highest BCUT2D eigenvalue weighted by atomic mass is 32.2. The first kappa shape index (κ1) is 9.98. The predicted octanol–water partition coefficient (Wildman–Crippen LogP) is 0.191. The lowest BCUT2D eigenvalue weighted by Crippen LogP contribution is -2.34. The standard InChI is InChI=1S/C8H9NO3S/c1-5(10)4-9-7(11)3-6(13-2)8(9)12/h3H,4H2,1-2H3. The Labute approximate surface area is 80.0 Å². The van der Waals surface area contributed by atoms with Gasteiger partial charge in [0.1, 0.15) is 5.78 Å². The van der Waals surface area contributed by atoms with Crippen LogP contribution in [0.1, 0.15) is 6.92 Å². The molecule has 1 heterocycles. The zero-order chi connectivity index (χ0) is 10.0. The van der Waals surface area contributed by atoms with Crippen molar-refractivity contribution in [1.29, 1.82) is 0 Å². The lowest BCUT2D eigenvalue weighted by molar-refractivity contribution is -0.140. The summed E-state index contributed by atoms with van der Waals surface area (Å²) in [7, 11) is 0. The van der Waals surface area contributed by atoms with Crippen LogP contribution >= 0.6 is 11.8 Å². The van der Waals surface area contributed by atoms with E-state index in [0.29, 0.717) is 4.91 Å². The van der Waals surface area contributed by atoms with Crippen LogP contribution in [0.3, 0.4) is 0 Å². The van der Waals surface area contributed by atoms with E-state index in [2.05, 4.69) is 0 Å². The summed E-state index contributed by atoms with van der Waals surface area (Å²) in [5.74, 6) is -0.963. The van der Waals surface area contributed by atoms with E-state index in [1.165, 1.54) is 24.8 Å². The highest BCUT2D eigenvalue weighted by Gasteiger charge is 2.30. The number of carbonyl (C=O) groups is 3. The molecule has 1 aliphatic rings. The van der Waals surface area contributed by atoms with Gasteiger partial charge in [-0.3, -0.25) is 19.3 Å². The number of hydrogen-bond acceptors (Lipinski definition) is 4. The molecule has 0 unspecified atom stereocenters. The molecule has 0 saturated carbocycles. The van der Waals surface area contributed by atoms with Crippen LogP contribution < -0.4 is 0 Å². The number of ketones is 1. The minimum atomic E-state index is -0.399. The van der Waals surface area contributed by atoms with E-state index in [-0.39, 0.29) is 18.2 Å². The Morgan fingerprint density at radius 2 is 2.15 bits per heavy atom. The van der Waals surface area contributed by atoms with Crippen LogP contribution in [-0.2, 0) is 14.4 Å². The van der Waals surface area contributed by atoms with E-state index in [0.717, 1.165) is 4.90 Å². The van der Waals surface area contributed by atoms with Crippen molar-refractivity contribution in [2.75, 3.05) is 12.8 Å². The average molecular weight is 199 g/mol. The van der Waals surface area contributed by atoms with E-state index < -0.39 is 5.91 Å². The minimum absolute atomic E-state index is 0.127. The summed E-state index contributed by atoms with van der Waals surface area (Å²) in [6.07, 6.45) is 2.98. The van der Waals surface area contributed by atoms with E-state index in [9.17, 15) is 14.4 Å². The summed E-state index contributed by atoms with van der Waals surface area (Å²) in [6, 6.07) is 0. The van der Waals surface area contributed by atoms with E-state index in [4.69, 9.17) is 0 Å². The second kappa shape index (κ2) is 3.74. The number of imide groups is 1. The SMILES string of the molecule is CSC1=CC(=O)N(CC(C)=O)C1=O. The van der Waals surface area contributed by atoms with Crippen molar-refractivity contribution >= 4 is 29.4 Å². The molecule has 0 bridgehead atoms. The fourth-order valence-corrected chi connectivity index (χ4v) is 1.51. The van der Waals surface area contributed by atoms with Gasteiger partial charge in [0.2, 0.25) is 0 Å². The highest BCUT2D eigenvalue weighted by molar-refractivity contribution is 8.03. The minimum Gasteiger partial charge on any atom is -0.298 e. The summed E-state index contributed by atoms with van der Waals surface area (Å²) >= 11 is 1.21. The Morgan fingerprint density at radius 3 is 2.54 bits per heavy atom. The normalized spacial score (nSPS) is 16.5. The first-order valence-corrected chi connectivity index (χ1v) is 4.89. The van der Waals surface area contributed by atoms with Gasteiger partial charge in [-0.25, -0.2) is 0 Å². The molecule has 5 heteroatoms. The van der Waals surface area contributed by atoms with Gasteiger partial charge in [-0.1, -0.05) is 0 Å². The molecular weight excluding hydrogens is 190 g/mol. The average Bonchev–Trinajstić information content (AvgIpc) is 2.31. The van der Waals surface area contributed by atoms with Crippen molar-refractivity contribution in [3.8, 4) is 0 Å². The van der Waals surface area contributed by atoms with Gasteiger partial charge >= 0.3 is 0 Å². The number of hydrogen-bond donors (Lipinski definition) is 0. The lowest BCUT2D eigenvalue weighted by Gasteiger charge is -2.11. The molecule has 0 aromatic heterocycles. The topological polar surface area (TPSA) is 54.5 Å². The molecule has 2 amide bonds. The number of rotatable bonds is 3. The van der Waals surface area contributed by atoms with Gasteiger partial charge < -0.3 is 0 Å². The van der Waals surface area contributed by atoms with Gasteiger partial charge in [0.05, 0.1) is 11.4 Å². The van der Waals surface area contributed by atoms with Crippen LogP contribution in [0.4, 0.5) is 0 Å². The molecule has 4 nitrogen and oxygen atoms in total. The zero-order valence-electron chi connectivity index (χ0n) is 7.36. The Balaban J connectivity index is 2.78. The monoisotopic (exact) mass is 199 g/mol. The summed E-state index contributed by atoms with van der Waals surface area (Å²) in [5, 5.41) is 0. The summed E-state index contributed by atoms with van der Waals surface area (Å²) < 4.78 is 0. The largest absolute Gasteiger partial charge is 0.298 e. The number of nitrogens with zero attached hydrogens (tertiary/aromatic N) is 1. The molecule has 1 aliphatic heterocycles. The third-order valence-electron chi connectivity index (χ3n) is 1.58. The van der Waals surface area contributed by atoms with Crippen LogP contribution in [0.15, 0.2) is 11.0 Å². The van der Waals surface area contributed by atoms with Crippen LogP contribution in [-0.4, -0.2) is 35.3 Å². The molecule has 0 spiro atoms. The predicted molar refractivity (Wildman–Crippen MR) is 49.0 cm³/mol. The van der Waals surface area contributed by atoms with Crippen molar-refractivity contribution in [2.24, 2.45) is 0 Å². The van der Waals surface area contributed by atoms with Crippen LogP contribution in [0.5, 0.6) is 0 Å². The van der Waals surface area contributed by atoms with Gasteiger partial charge in [0.25, 0.3) is 11.8 Å². The molecule has 13 heavy (non-hydrogen) atoms. The van der Waals surface area contributed by atoms with E-state index in [1.54, 1.807) is 6.26 Å². The molecule has 0 fully saturated rings. The van der Waals surface area contributed by atoms with Crippen LogP contribution in [0, 0.1) is 0 Å². The second-order valence-corrected chi connectivity index (χ2v) is 3.49. The Bertz CT molecular complexity index is 309. The Hall–Kier alpha value is -1.10. The summed E-state index contributed by atoms with van der Waals surface area (Å²) in [4.78, 5) is 34.6. The third kappa shape index (κ3) is 1.98. The number of carbonyl (C=O) groups excluding carboxylic acids is 3. The molecule has 0 saturated heterocycles. The van der Waals surface area contributed by atoms with Crippen molar-refractivity contribution in [1.82, 2.24) is 4.90 Å². The molecular formula is C8H9NO3S. The maximum Gasteiger partial charge on any atom is 0.267 e. The maximum absolute atomic E-state index is 11.3. The van der Waals surface area contributed by atoms with Gasteiger partial charge in [-0.2, -0.15) is 0 Å². The fourth-order valence-electron chi connectivity index (χ4n) is 1.00. The van der Waals surface area contributed by atoms with Crippen molar-refractivity contribution < 1.29 is 14.4 Å². The summed E-state index contributed by atoms with van der Waals surface area (Å²) in [5.41, 5.74) is 0. The summed E-state index contributed by atoms with van der Waals surface area (Å²) in [6.45, 7) is 1.22. The maximum atomic E-state index is 11.3. The first-order valence-electron chi connectivity index (χ1n) is 3.67. The van der Waals surface area contributed by atoms with Crippen molar-refractivity contribution in [2.45, 2.75) is 6.92 Å². The molecule has 0 aliphatic carbocycles. The van der Waals surface area contributed by atoms with Gasteiger partial charge in [-0.15, -0.1) is 11.8 Å². The van der Waals surface area contributed by atoms with Gasteiger partial charge in [-0.05, 0) is 13.2 Å². The van der Waals surface area contributed by atoms with Gasteiger partial charge in [0.15, 0.2) is 0 Å². The third-order valence-corrected chi connectivity index (χ3v) is 2.31. The number of Topliss-reactive ketones (excluding diaryl/α,β-unsaturated/α-hetero) is 1. The molecule has 0 aromatic carbocycles. The molecule has 0 aromatic rings. The highest BCUT2D eigenvalue weighted by Crippen LogP contribution is 2.21. The second-order valence-electron chi connectivity index (χ2n) is 2.64. The Morgan fingerprint density at radius 1 is 1.54 bits per heavy atom. The molecule has 1 rings (SSSR count). The van der Waals surface area contributed by atoms with E-state index in [1.807, 2.05) is 0 Å². The van der Waals surface area contributed by atoms with Crippen molar-refractivity contribution in [3.05, 3.63) is 11.0 Å². The molecule has 0 radical (unpaired) electrons. The Kier molecular flexibility index (Phi) is 2.87. The molecule has 70 valence electrons. The van der Waals surface area contributed by atoms with Crippen LogP contribution in [0.2, 0.25) is 0 Å². The van der Waals surface area contributed by atoms with Crippen molar-refractivity contribution in [3.63, 3.8) is 0 Å². The van der Waals surface area contributed by atoms with Crippen LogP contribution in [0.25, 0.3) is 0 Å². The molecule has 0 N–H and O–H groups in total. The van der Waals surface area contributed by atoms with E-state index >= 15 is 0 Å². The van der Waals surface area contributed by atoms with Gasteiger partial charge in [0, 0.05) is 6.08 Å². The molecule has 0 atom stereocenters. The zero-order valence-corrected chi connectivity index (χ0v) is 8.18.